The van der Waals surface area contributed by atoms with Gasteiger partial charge >= 0.3 is 59.1 Å². The Morgan fingerprint density at radius 1 is 0.708 bits per heavy atom. The van der Waals surface area contributed by atoms with Gasteiger partial charge in [0.25, 0.3) is 0 Å². The Morgan fingerprint density at radius 2 is 1.00 bits per heavy atom. The van der Waals surface area contributed by atoms with Gasteiger partial charge in [0, 0.05) is 11.1 Å². The van der Waals surface area contributed by atoms with Gasteiger partial charge in [-0.2, -0.15) is 0 Å². The molecule has 0 N–H and O–H groups in total. The van der Waals surface area contributed by atoms with Crippen LogP contribution >= 0.6 is 0 Å². The average molecular weight is 352 g/mol. The van der Waals surface area contributed by atoms with Gasteiger partial charge in [-0.25, -0.2) is 0 Å². The molecule has 1 aromatic rings. The fourth-order valence-corrected chi connectivity index (χ4v) is 2.05. The van der Waals surface area contributed by atoms with Gasteiger partial charge in [0.15, 0.2) is 0 Å². The van der Waals surface area contributed by atoms with Gasteiger partial charge in [-0.15, -0.1) is 0 Å². The van der Waals surface area contributed by atoms with E-state index in [0.29, 0.717) is 0 Å². The normalized spacial score (nSPS) is 8.92. The van der Waals surface area contributed by atoms with Gasteiger partial charge in [0.05, 0.1) is 11.9 Å². The summed E-state index contributed by atoms with van der Waals surface area (Å²) in [5, 5.41) is 20.6. The molecule has 1 rings (SSSR count). The van der Waals surface area contributed by atoms with Crippen LogP contribution in [0, 0.1) is 0 Å². The number of carboxylic acids is 2. The molecule has 0 fully saturated rings. The predicted octanol–water partition coefficient (Wildman–Crippen LogP) is -3.43. The molecule has 0 radical (unpaired) electrons. The summed E-state index contributed by atoms with van der Waals surface area (Å²) in [7, 11) is 0. The van der Waals surface area contributed by atoms with Crippen LogP contribution in [0.4, 0.5) is 0 Å². The summed E-state index contributed by atoms with van der Waals surface area (Å²) >= 11 is 0. The summed E-state index contributed by atoms with van der Waals surface area (Å²) in [5.74, 6) is -3.04. The number of rotatable bonds is 9. The van der Waals surface area contributed by atoms with Crippen molar-refractivity contribution in [3.63, 3.8) is 0 Å². The SMILES string of the molecule is CCCCCCCCCC.O=C([O-])c1ccccc1C(=O)[O-].[Na+].[Na+]. The van der Waals surface area contributed by atoms with Gasteiger partial charge in [-0.1, -0.05) is 89.5 Å². The molecule has 0 saturated carbocycles. The van der Waals surface area contributed by atoms with Crippen molar-refractivity contribution in [2.75, 3.05) is 0 Å². The van der Waals surface area contributed by atoms with Crippen LogP contribution in [0.15, 0.2) is 24.3 Å². The molecule has 0 bridgehead atoms. The third-order valence-corrected chi connectivity index (χ3v) is 3.32. The van der Waals surface area contributed by atoms with E-state index in [1.54, 1.807) is 0 Å². The van der Waals surface area contributed by atoms with E-state index in [4.69, 9.17) is 0 Å². The molecule has 0 aromatic heterocycles. The third-order valence-electron chi connectivity index (χ3n) is 3.32. The van der Waals surface area contributed by atoms with Gasteiger partial charge < -0.3 is 19.8 Å². The van der Waals surface area contributed by atoms with Crippen molar-refractivity contribution >= 4 is 11.9 Å². The van der Waals surface area contributed by atoms with Crippen LogP contribution in [0.1, 0.15) is 85.9 Å². The van der Waals surface area contributed by atoms with Crippen LogP contribution in [0.3, 0.4) is 0 Å². The van der Waals surface area contributed by atoms with Crippen LogP contribution in [-0.2, 0) is 0 Å². The molecule has 0 atom stereocenters. The van der Waals surface area contributed by atoms with E-state index < -0.39 is 11.9 Å². The number of carboxylic acid groups (broad SMARTS) is 2. The quantitative estimate of drug-likeness (QED) is 0.342. The van der Waals surface area contributed by atoms with Crippen LogP contribution < -0.4 is 69.3 Å². The van der Waals surface area contributed by atoms with E-state index in [9.17, 15) is 19.8 Å². The van der Waals surface area contributed by atoms with E-state index in [1.807, 2.05) is 0 Å². The molecule has 24 heavy (non-hydrogen) atoms. The van der Waals surface area contributed by atoms with E-state index in [0.717, 1.165) is 12.1 Å². The summed E-state index contributed by atoms with van der Waals surface area (Å²) in [6.45, 7) is 4.54. The summed E-state index contributed by atoms with van der Waals surface area (Å²) in [6.07, 6.45) is 11.5. The first-order chi connectivity index (χ1) is 10.5. The number of carbonyl (C=O) groups is 2. The summed E-state index contributed by atoms with van der Waals surface area (Å²) in [5.41, 5.74) is -0.727. The first-order valence-electron chi connectivity index (χ1n) is 8.06. The zero-order valence-corrected chi connectivity index (χ0v) is 19.6. The maximum atomic E-state index is 10.3. The van der Waals surface area contributed by atoms with Crippen LogP contribution in [0.5, 0.6) is 0 Å². The van der Waals surface area contributed by atoms with Crippen LogP contribution in [0.2, 0.25) is 0 Å². The molecular weight excluding hydrogens is 326 g/mol. The second kappa shape index (κ2) is 19.5. The fraction of sp³-hybridized carbons (Fsp3) is 0.556. The Balaban J connectivity index is -0.000000345. The molecule has 0 spiro atoms. The number of hydrogen-bond donors (Lipinski definition) is 0. The summed E-state index contributed by atoms with van der Waals surface area (Å²) in [4.78, 5) is 20.6. The van der Waals surface area contributed by atoms with Gasteiger partial charge in [0.2, 0.25) is 0 Å². The second-order valence-electron chi connectivity index (χ2n) is 5.24. The van der Waals surface area contributed by atoms with Crippen molar-refractivity contribution < 1.29 is 78.9 Å². The number of aromatic carboxylic acids is 2. The molecule has 0 saturated heterocycles. The zero-order valence-electron chi connectivity index (χ0n) is 15.6. The minimum atomic E-state index is -1.52. The van der Waals surface area contributed by atoms with Gasteiger partial charge in [-0.3, -0.25) is 0 Å². The Hall–Kier alpha value is 0.160. The van der Waals surface area contributed by atoms with E-state index in [1.165, 1.54) is 63.5 Å². The molecule has 0 unspecified atom stereocenters. The topological polar surface area (TPSA) is 80.3 Å². The monoisotopic (exact) mass is 352 g/mol. The van der Waals surface area contributed by atoms with Crippen molar-refractivity contribution in [1.29, 1.82) is 0 Å². The van der Waals surface area contributed by atoms with E-state index in [2.05, 4.69) is 13.8 Å². The molecule has 0 amide bonds. The van der Waals surface area contributed by atoms with Crippen molar-refractivity contribution in [3.8, 4) is 0 Å². The Bertz CT molecular complexity index is 409. The molecule has 1 aromatic carbocycles. The largest absolute Gasteiger partial charge is 1.00 e. The molecule has 0 aliphatic carbocycles. The standard InChI is InChI=1S/C10H22.C8H6O4.2Na/c1-3-5-7-9-10-8-6-4-2;9-7(10)5-3-1-2-4-6(5)8(11)12;;/h3-10H2,1-2H3;1-4H,(H,9,10)(H,11,12);;/q;;2*+1/p-2. The molecule has 124 valence electrons. The summed E-state index contributed by atoms with van der Waals surface area (Å²) < 4.78 is 0. The van der Waals surface area contributed by atoms with E-state index >= 15 is 0 Å². The maximum Gasteiger partial charge on any atom is 1.00 e. The zero-order chi connectivity index (χ0) is 16.8. The minimum absolute atomic E-state index is 0. The fourth-order valence-electron chi connectivity index (χ4n) is 2.05. The van der Waals surface area contributed by atoms with Crippen molar-refractivity contribution in [2.45, 2.75) is 65.2 Å². The average Bonchev–Trinajstić information content (AvgIpc) is 2.51. The molecule has 0 aliphatic rings. The summed E-state index contributed by atoms with van der Waals surface area (Å²) in [6, 6.07) is 5.14. The number of benzene rings is 1. The van der Waals surface area contributed by atoms with Gasteiger partial charge in [0.1, 0.15) is 0 Å². The Kier molecular flexibility index (Phi) is 23.5. The van der Waals surface area contributed by atoms with Crippen molar-refractivity contribution in [1.82, 2.24) is 0 Å². The third kappa shape index (κ3) is 14.5. The molecular formula is C18H26Na2O4. The molecule has 0 heterocycles. The smallest absolute Gasteiger partial charge is 0.545 e. The van der Waals surface area contributed by atoms with Crippen molar-refractivity contribution in [2.24, 2.45) is 0 Å². The number of carbonyl (C=O) groups excluding carboxylic acids is 2. The van der Waals surface area contributed by atoms with Crippen LogP contribution in [0.25, 0.3) is 0 Å². The first-order valence-corrected chi connectivity index (χ1v) is 8.06. The molecule has 4 nitrogen and oxygen atoms in total. The van der Waals surface area contributed by atoms with Crippen LogP contribution in [-0.4, -0.2) is 11.9 Å². The maximum absolute atomic E-state index is 10.3. The Morgan fingerprint density at radius 3 is 1.25 bits per heavy atom. The minimum Gasteiger partial charge on any atom is -0.545 e. The number of unbranched alkanes of at least 4 members (excludes halogenated alkanes) is 7. The second-order valence-corrected chi connectivity index (χ2v) is 5.24. The van der Waals surface area contributed by atoms with Gasteiger partial charge in [-0.05, 0) is 0 Å². The first kappa shape index (κ1) is 28.9. The molecule has 0 aliphatic heterocycles. The molecule has 6 heteroatoms. The Labute approximate surface area is 190 Å². The predicted molar refractivity (Wildman–Crippen MR) is 83.4 cm³/mol. The van der Waals surface area contributed by atoms with Crippen molar-refractivity contribution in [3.05, 3.63) is 35.4 Å². The number of hydrogen-bond acceptors (Lipinski definition) is 4. The van der Waals surface area contributed by atoms with E-state index in [-0.39, 0.29) is 70.2 Å².